The van der Waals surface area contributed by atoms with Crippen molar-refractivity contribution < 1.29 is 17.9 Å². The van der Waals surface area contributed by atoms with Crippen LogP contribution in [0.4, 0.5) is 11.6 Å². The van der Waals surface area contributed by atoms with Gasteiger partial charge in [0.25, 0.3) is 0 Å². The van der Waals surface area contributed by atoms with E-state index in [4.69, 9.17) is 14.9 Å². The number of anilines is 2. The van der Waals surface area contributed by atoms with Crippen molar-refractivity contribution in [3.05, 3.63) is 66.2 Å². The molecule has 5 rings (SSSR count). The normalized spacial score (nSPS) is 15.3. The molecule has 4 aromatic rings. The van der Waals surface area contributed by atoms with Gasteiger partial charge in [0.05, 0.1) is 28.6 Å². The zero-order chi connectivity index (χ0) is 27.4. The van der Waals surface area contributed by atoms with Gasteiger partial charge in [0, 0.05) is 24.3 Å². The highest BCUT2D eigenvalue weighted by atomic mass is 32.2. The number of primary sulfonamides is 1. The van der Waals surface area contributed by atoms with Gasteiger partial charge in [-0.05, 0) is 61.9 Å². The number of aromatic nitrogens is 3. The molecule has 1 atom stereocenters. The molecule has 0 bridgehead atoms. The maximum atomic E-state index is 12.4. The van der Waals surface area contributed by atoms with Crippen LogP contribution in [0.5, 0.6) is 5.88 Å². The Bertz CT molecular complexity index is 1590. The van der Waals surface area contributed by atoms with E-state index in [1.807, 2.05) is 43.3 Å². The van der Waals surface area contributed by atoms with Gasteiger partial charge in [-0.3, -0.25) is 4.79 Å². The molecule has 3 heterocycles. The Hall–Kier alpha value is -4.13. The highest BCUT2D eigenvalue weighted by Gasteiger charge is 2.22. The van der Waals surface area contributed by atoms with Gasteiger partial charge in [0.15, 0.2) is 5.52 Å². The first-order valence-corrected chi connectivity index (χ1v) is 14.1. The van der Waals surface area contributed by atoms with E-state index in [9.17, 15) is 13.2 Å². The molecule has 0 radical (unpaired) electrons. The number of nitrogens with zero attached hydrogens (tertiary/aromatic N) is 3. The largest absolute Gasteiger partial charge is 0.476 e. The van der Waals surface area contributed by atoms with Crippen molar-refractivity contribution in [1.29, 1.82) is 0 Å². The molecule has 2 aromatic carbocycles. The van der Waals surface area contributed by atoms with Gasteiger partial charge < -0.3 is 20.7 Å². The zero-order valence-corrected chi connectivity index (χ0v) is 22.2. The van der Waals surface area contributed by atoms with Crippen molar-refractivity contribution in [2.75, 3.05) is 30.3 Å². The summed E-state index contributed by atoms with van der Waals surface area (Å²) < 4.78 is 28.7. The lowest BCUT2D eigenvalue weighted by molar-refractivity contribution is -0.119. The second-order valence-corrected chi connectivity index (χ2v) is 10.7. The summed E-state index contributed by atoms with van der Waals surface area (Å²) in [4.78, 5) is 26.3. The summed E-state index contributed by atoms with van der Waals surface area (Å²) in [5, 5.41) is 14.5. The maximum Gasteiger partial charge on any atom is 0.245 e. The number of sulfonamides is 1. The lowest BCUT2D eigenvalue weighted by atomic mass is 10.1. The number of pyridine rings is 1. The molecule has 0 aliphatic carbocycles. The highest BCUT2D eigenvalue weighted by molar-refractivity contribution is 7.89. The van der Waals surface area contributed by atoms with Crippen molar-refractivity contribution in [2.24, 2.45) is 11.1 Å². The summed E-state index contributed by atoms with van der Waals surface area (Å²) in [6.45, 7) is 4.21. The molecular formula is C27H29N7O4S. The average Bonchev–Trinajstić information content (AvgIpc) is 3.48. The quantitative estimate of drug-likeness (QED) is 0.247. The number of nitrogens with two attached hydrogens (primary N) is 1. The number of hydrogen-bond acceptors (Lipinski definition) is 9. The first kappa shape index (κ1) is 26.5. The monoisotopic (exact) mass is 547 g/mol. The molecule has 1 fully saturated rings. The third-order valence-electron chi connectivity index (χ3n) is 6.37. The van der Waals surface area contributed by atoms with Crippen molar-refractivity contribution in [3.63, 3.8) is 0 Å². The van der Waals surface area contributed by atoms with E-state index in [0.717, 1.165) is 35.5 Å². The first-order valence-electron chi connectivity index (χ1n) is 12.6. The van der Waals surface area contributed by atoms with Crippen LogP contribution in [0.2, 0.25) is 0 Å². The summed E-state index contributed by atoms with van der Waals surface area (Å²) in [6, 6.07) is 17.5. The molecule has 1 aliphatic rings. The fraction of sp³-hybridized carbons (Fsp3) is 0.259. The molecule has 2 aromatic heterocycles. The van der Waals surface area contributed by atoms with Gasteiger partial charge in [-0.15, -0.1) is 0 Å². The van der Waals surface area contributed by atoms with Gasteiger partial charge in [-0.25, -0.2) is 23.5 Å². The lowest BCUT2D eigenvalue weighted by Gasteiger charge is -2.12. The Morgan fingerprint density at radius 3 is 2.49 bits per heavy atom. The van der Waals surface area contributed by atoms with Gasteiger partial charge in [-0.2, -0.15) is 4.98 Å². The third kappa shape index (κ3) is 6.30. The minimum Gasteiger partial charge on any atom is -0.476 e. The Morgan fingerprint density at radius 1 is 1.05 bits per heavy atom. The minimum atomic E-state index is -3.74. The first-order chi connectivity index (χ1) is 18.8. The van der Waals surface area contributed by atoms with E-state index < -0.39 is 10.0 Å². The second kappa shape index (κ2) is 11.3. The number of nitrogens with one attached hydrogen (secondary N) is 3. The Labute approximate surface area is 226 Å². The van der Waals surface area contributed by atoms with Crippen LogP contribution in [0.3, 0.4) is 0 Å². The lowest BCUT2D eigenvalue weighted by Crippen LogP contribution is -2.24. The van der Waals surface area contributed by atoms with Crippen molar-refractivity contribution in [2.45, 2.75) is 24.8 Å². The van der Waals surface area contributed by atoms with Crippen molar-refractivity contribution in [3.8, 4) is 17.1 Å². The van der Waals surface area contributed by atoms with E-state index in [-0.39, 0.29) is 16.7 Å². The Morgan fingerprint density at radius 2 is 1.82 bits per heavy atom. The molecule has 39 heavy (non-hydrogen) atoms. The minimum absolute atomic E-state index is 0.00118. The van der Waals surface area contributed by atoms with E-state index in [1.165, 1.54) is 12.1 Å². The average molecular weight is 548 g/mol. The summed E-state index contributed by atoms with van der Waals surface area (Å²) in [5.74, 6) is 0.734. The van der Waals surface area contributed by atoms with Crippen LogP contribution in [0, 0.1) is 5.92 Å². The molecule has 1 unspecified atom stereocenters. The molecule has 0 spiro atoms. The van der Waals surface area contributed by atoms with Crippen molar-refractivity contribution in [1.82, 2.24) is 20.3 Å². The third-order valence-corrected chi connectivity index (χ3v) is 7.30. The number of carbonyl (C=O) groups is 1. The number of carbonyl (C=O) groups excluding carboxylic acids is 1. The molecule has 1 aliphatic heterocycles. The molecule has 12 heteroatoms. The molecular weight excluding hydrogens is 518 g/mol. The number of hydrogen-bond donors (Lipinski definition) is 4. The standard InChI is InChI=1S/C27H29N7O4S/c1-2-38-26-24-23(33-27(34-26)30-15-17-3-9-21(10-4-17)39(28,36)37)12-11-22(32-24)18-5-7-20(8-6-18)31-25(35)19-13-14-29-16-19/h3-12,19,29H,2,13-16H2,1H3,(H,31,35)(H2,28,36,37)(H,30,33,34). The number of ether oxygens (including phenoxy) is 1. The summed E-state index contributed by atoms with van der Waals surface area (Å²) in [5.41, 5.74) is 4.31. The molecule has 5 N–H and O–H groups in total. The van der Waals surface area contributed by atoms with Crippen LogP contribution < -0.4 is 25.8 Å². The van der Waals surface area contributed by atoms with E-state index in [2.05, 4.69) is 25.9 Å². The van der Waals surface area contributed by atoms with Crippen LogP contribution in [-0.2, 0) is 21.4 Å². The molecule has 202 valence electrons. The van der Waals surface area contributed by atoms with E-state index in [0.29, 0.717) is 42.6 Å². The van der Waals surface area contributed by atoms with Crippen molar-refractivity contribution >= 4 is 38.6 Å². The summed E-state index contributed by atoms with van der Waals surface area (Å²) in [6.07, 6.45) is 0.848. The smallest absolute Gasteiger partial charge is 0.245 e. The van der Waals surface area contributed by atoms with Gasteiger partial charge >= 0.3 is 0 Å². The van der Waals surface area contributed by atoms with E-state index >= 15 is 0 Å². The molecule has 1 saturated heterocycles. The predicted molar refractivity (Wildman–Crippen MR) is 149 cm³/mol. The number of fused-ring (bicyclic) bond motifs is 1. The molecule has 1 amide bonds. The zero-order valence-electron chi connectivity index (χ0n) is 21.3. The summed E-state index contributed by atoms with van der Waals surface area (Å²) >= 11 is 0. The van der Waals surface area contributed by atoms with Gasteiger partial charge in [0.2, 0.25) is 27.8 Å². The Balaban J connectivity index is 1.33. The Kier molecular flexibility index (Phi) is 7.68. The van der Waals surface area contributed by atoms with Crippen LogP contribution in [0.1, 0.15) is 18.9 Å². The van der Waals surface area contributed by atoms with Crippen LogP contribution >= 0.6 is 0 Å². The molecule has 0 saturated carbocycles. The number of amides is 1. The fourth-order valence-corrected chi connectivity index (χ4v) is 4.81. The van der Waals surface area contributed by atoms with Gasteiger partial charge in [-0.1, -0.05) is 24.3 Å². The van der Waals surface area contributed by atoms with Crippen LogP contribution in [0.15, 0.2) is 65.6 Å². The SMILES string of the molecule is CCOc1nc(NCc2ccc(S(N)(=O)=O)cc2)nc2ccc(-c3ccc(NC(=O)C4CCNC4)cc3)nc12. The number of rotatable bonds is 9. The van der Waals surface area contributed by atoms with Crippen LogP contribution in [0.25, 0.3) is 22.3 Å². The summed E-state index contributed by atoms with van der Waals surface area (Å²) in [7, 11) is -3.74. The predicted octanol–water partition coefficient (Wildman–Crippen LogP) is 2.90. The second-order valence-electron chi connectivity index (χ2n) is 9.15. The number of benzene rings is 2. The maximum absolute atomic E-state index is 12.4. The van der Waals surface area contributed by atoms with E-state index in [1.54, 1.807) is 12.1 Å². The van der Waals surface area contributed by atoms with Crippen LogP contribution in [-0.4, -0.2) is 49.0 Å². The van der Waals surface area contributed by atoms with Gasteiger partial charge in [0.1, 0.15) is 0 Å². The highest BCUT2D eigenvalue weighted by Crippen LogP contribution is 2.27. The fourth-order valence-electron chi connectivity index (χ4n) is 4.29. The topological polar surface area (TPSA) is 161 Å². The molecule has 11 nitrogen and oxygen atoms in total.